The van der Waals surface area contributed by atoms with Crippen molar-refractivity contribution < 1.29 is 4.79 Å². The summed E-state index contributed by atoms with van der Waals surface area (Å²) >= 11 is 0. The van der Waals surface area contributed by atoms with Crippen LogP contribution in [0.1, 0.15) is 47.5 Å². The highest BCUT2D eigenvalue weighted by atomic mass is 16.2. The highest BCUT2D eigenvalue weighted by Gasteiger charge is 2.40. The minimum atomic E-state index is -0.00956. The molecule has 13 heavy (non-hydrogen) atoms. The summed E-state index contributed by atoms with van der Waals surface area (Å²) in [6.07, 6.45) is 1.81. The van der Waals surface area contributed by atoms with E-state index in [0.29, 0.717) is 17.8 Å². The lowest BCUT2D eigenvalue weighted by molar-refractivity contribution is -0.119. The van der Waals surface area contributed by atoms with Crippen LogP contribution < -0.4 is 5.32 Å². The van der Waals surface area contributed by atoms with Crippen LogP contribution in [-0.2, 0) is 4.79 Å². The minimum Gasteiger partial charge on any atom is -0.351 e. The van der Waals surface area contributed by atoms with E-state index < -0.39 is 0 Å². The third-order valence-corrected chi connectivity index (χ3v) is 2.77. The van der Waals surface area contributed by atoms with Crippen LogP contribution >= 0.6 is 0 Å². The molecular formula is C11H21NO. The molecule has 0 aromatic rings. The topological polar surface area (TPSA) is 29.1 Å². The zero-order valence-electron chi connectivity index (χ0n) is 9.40. The van der Waals surface area contributed by atoms with E-state index in [1.54, 1.807) is 0 Å². The molecule has 1 fully saturated rings. The molecule has 1 unspecified atom stereocenters. The van der Waals surface area contributed by atoms with Gasteiger partial charge in [-0.3, -0.25) is 4.79 Å². The Hall–Kier alpha value is -0.530. The molecule has 1 atom stereocenters. The van der Waals surface area contributed by atoms with Crippen LogP contribution in [0, 0.1) is 11.3 Å². The number of hydrogen-bond acceptors (Lipinski definition) is 1. The van der Waals surface area contributed by atoms with Crippen molar-refractivity contribution in [1.29, 1.82) is 0 Å². The predicted octanol–water partition coefficient (Wildman–Crippen LogP) is 2.34. The third-order valence-electron chi connectivity index (χ3n) is 2.77. The smallest absolute Gasteiger partial charge is 0.220 e. The summed E-state index contributed by atoms with van der Waals surface area (Å²) in [6, 6.07) is 0. The van der Waals surface area contributed by atoms with Gasteiger partial charge in [0.1, 0.15) is 0 Å². The van der Waals surface area contributed by atoms with Crippen LogP contribution in [0.2, 0.25) is 0 Å². The van der Waals surface area contributed by atoms with Crippen molar-refractivity contribution in [3.05, 3.63) is 0 Å². The second kappa shape index (κ2) is 3.00. The monoisotopic (exact) mass is 183 g/mol. The van der Waals surface area contributed by atoms with Crippen LogP contribution in [-0.4, -0.2) is 11.4 Å². The quantitative estimate of drug-likeness (QED) is 0.664. The summed E-state index contributed by atoms with van der Waals surface area (Å²) in [6.45, 7) is 10.9. The summed E-state index contributed by atoms with van der Waals surface area (Å²) in [4.78, 5) is 11.2. The van der Waals surface area contributed by atoms with Gasteiger partial charge in [0, 0.05) is 12.0 Å². The van der Waals surface area contributed by atoms with Gasteiger partial charge >= 0.3 is 0 Å². The number of nitrogens with one attached hydrogen (secondary N) is 1. The fourth-order valence-corrected chi connectivity index (χ4v) is 2.06. The maximum Gasteiger partial charge on any atom is 0.220 e. The third kappa shape index (κ3) is 2.71. The zero-order valence-corrected chi connectivity index (χ0v) is 9.40. The molecule has 0 aromatic heterocycles. The van der Waals surface area contributed by atoms with Crippen LogP contribution in [0.15, 0.2) is 0 Å². The number of carbonyl (C=O) groups is 1. The summed E-state index contributed by atoms with van der Waals surface area (Å²) in [7, 11) is 0. The molecular weight excluding hydrogens is 162 g/mol. The lowest BCUT2D eigenvalue weighted by Gasteiger charge is -2.31. The van der Waals surface area contributed by atoms with Crippen LogP contribution in [0.4, 0.5) is 0 Å². The van der Waals surface area contributed by atoms with Gasteiger partial charge in [-0.15, -0.1) is 0 Å². The molecule has 0 spiro atoms. The van der Waals surface area contributed by atoms with E-state index in [1.165, 1.54) is 0 Å². The lowest BCUT2D eigenvalue weighted by atomic mass is 9.77. The van der Waals surface area contributed by atoms with Gasteiger partial charge in [0.2, 0.25) is 5.91 Å². The maximum atomic E-state index is 11.2. The van der Waals surface area contributed by atoms with Gasteiger partial charge in [-0.25, -0.2) is 0 Å². The molecule has 1 N–H and O–H groups in total. The summed E-state index contributed by atoms with van der Waals surface area (Å²) < 4.78 is 0. The number of carbonyl (C=O) groups excluding carboxylic acids is 1. The van der Waals surface area contributed by atoms with Gasteiger partial charge in [-0.05, 0) is 31.6 Å². The Bertz CT molecular complexity index is 213. The van der Waals surface area contributed by atoms with E-state index in [2.05, 4.69) is 39.9 Å². The van der Waals surface area contributed by atoms with E-state index in [9.17, 15) is 4.79 Å². The first-order valence-corrected chi connectivity index (χ1v) is 5.02. The maximum absolute atomic E-state index is 11.2. The Kier molecular flexibility index (Phi) is 2.44. The summed E-state index contributed by atoms with van der Waals surface area (Å²) in [5.74, 6) is 0.694. The van der Waals surface area contributed by atoms with Gasteiger partial charge in [0.25, 0.3) is 0 Å². The Balaban J connectivity index is 2.65. The van der Waals surface area contributed by atoms with Crippen molar-refractivity contribution in [2.24, 2.45) is 11.3 Å². The molecule has 0 radical (unpaired) electrons. The van der Waals surface area contributed by atoms with Crippen molar-refractivity contribution in [2.45, 2.75) is 53.0 Å². The van der Waals surface area contributed by atoms with Gasteiger partial charge in [0.15, 0.2) is 0 Å². The van der Waals surface area contributed by atoms with Gasteiger partial charge in [0.05, 0.1) is 0 Å². The first-order chi connectivity index (χ1) is 5.71. The van der Waals surface area contributed by atoms with E-state index in [-0.39, 0.29) is 11.4 Å². The van der Waals surface area contributed by atoms with Gasteiger partial charge in [-0.2, -0.15) is 0 Å². The van der Waals surface area contributed by atoms with E-state index >= 15 is 0 Å². The van der Waals surface area contributed by atoms with Crippen LogP contribution in [0.25, 0.3) is 0 Å². The Morgan fingerprint density at radius 3 is 2.31 bits per heavy atom. The molecule has 2 nitrogen and oxygen atoms in total. The lowest BCUT2D eigenvalue weighted by Crippen LogP contribution is -2.40. The Morgan fingerprint density at radius 2 is 2.00 bits per heavy atom. The molecule has 0 aromatic carbocycles. The molecule has 0 bridgehead atoms. The van der Waals surface area contributed by atoms with Crippen LogP contribution in [0.5, 0.6) is 0 Å². The van der Waals surface area contributed by atoms with Crippen LogP contribution in [0.3, 0.4) is 0 Å². The van der Waals surface area contributed by atoms with Gasteiger partial charge < -0.3 is 5.32 Å². The Morgan fingerprint density at radius 1 is 1.46 bits per heavy atom. The first-order valence-electron chi connectivity index (χ1n) is 5.02. The average Bonchev–Trinajstić information content (AvgIpc) is 2.00. The standard InChI is InChI=1S/C11H21NO/c1-10(2,3)7-8-6-9(13)12-11(8,4)5/h8H,6-7H2,1-5H3,(H,12,13). The molecule has 1 rings (SSSR count). The number of amides is 1. The number of rotatable bonds is 1. The summed E-state index contributed by atoms with van der Waals surface area (Å²) in [5, 5.41) is 3.03. The predicted molar refractivity (Wildman–Crippen MR) is 54.4 cm³/mol. The molecule has 1 aliphatic heterocycles. The molecule has 2 heteroatoms. The largest absolute Gasteiger partial charge is 0.351 e. The van der Waals surface area contributed by atoms with Crippen molar-refractivity contribution in [1.82, 2.24) is 5.32 Å². The molecule has 0 saturated carbocycles. The Labute approximate surface area is 81.1 Å². The second-order valence-electron chi connectivity index (χ2n) is 5.94. The molecule has 76 valence electrons. The normalized spacial score (nSPS) is 27.5. The molecule has 1 saturated heterocycles. The fourth-order valence-electron chi connectivity index (χ4n) is 2.06. The van der Waals surface area contributed by atoms with Crippen molar-refractivity contribution in [2.75, 3.05) is 0 Å². The number of hydrogen-bond donors (Lipinski definition) is 1. The van der Waals surface area contributed by atoms with Crippen molar-refractivity contribution in [3.63, 3.8) is 0 Å². The van der Waals surface area contributed by atoms with E-state index in [0.717, 1.165) is 6.42 Å². The first kappa shape index (κ1) is 10.6. The van der Waals surface area contributed by atoms with Crippen molar-refractivity contribution in [3.8, 4) is 0 Å². The average molecular weight is 183 g/mol. The van der Waals surface area contributed by atoms with Crippen molar-refractivity contribution >= 4 is 5.91 Å². The fraction of sp³-hybridized carbons (Fsp3) is 0.909. The SMILES string of the molecule is CC(C)(C)CC1CC(=O)NC1(C)C. The van der Waals surface area contributed by atoms with E-state index in [1.807, 2.05) is 0 Å². The molecule has 1 aliphatic rings. The molecule has 1 heterocycles. The minimum absolute atomic E-state index is 0.00956. The zero-order chi connectivity index (χ0) is 10.3. The summed E-state index contributed by atoms with van der Waals surface area (Å²) in [5.41, 5.74) is 0.304. The molecule has 1 amide bonds. The van der Waals surface area contributed by atoms with Gasteiger partial charge in [-0.1, -0.05) is 20.8 Å². The van der Waals surface area contributed by atoms with E-state index in [4.69, 9.17) is 0 Å². The molecule has 0 aliphatic carbocycles. The second-order valence-corrected chi connectivity index (χ2v) is 5.94. The highest BCUT2D eigenvalue weighted by molar-refractivity contribution is 5.79. The highest BCUT2D eigenvalue weighted by Crippen LogP contribution is 2.36.